The maximum Gasteiger partial charge on any atom is 0.0892 e. The Bertz CT molecular complexity index is 177. The van der Waals surface area contributed by atoms with Gasteiger partial charge in [0.05, 0.1) is 11.7 Å². The van der Waals surface area contributed by atoms with Crippen molar-refractivity contribution in [3.8, 4) is 0 Å². The lowest BCUT2D eigenvalue weighted by atomic mass is 10.1. The van der Waals surface area contributed by atoms with Gasteiger partial charge in [0.15, 0.2) is 0 Å². The summed E-state index contributed by atoms with van der Waals surface area (Å²) >= 11 is 0. The molecule has 1 rings (SSSR count). The van der Waals surface area contributed by atoms with Crippen molar-refractivity contribution in [3.63, 3.8) is 0 Å². The Morgan fingerprint density at radius 1 is 1.73 bits per heavy atom. The number of hydrogen-bond donors (Lipinski definition) is 1. The van der Waals surface area contributed by atoms with E-state index in [1.165, 1.54) is 0 Å². The summed E-state index contributed by atoms with van der Waals surface area (Å²) in [4.78, 5) is 0. The molecule has 0 bridgehead atoms. The minimum absolute atomic E-state index is 0.0841. The van der Waals surface area contributed by atoms with Gasteiger partial charge in [-0.05, 0) is 12.3 Å². The summed E-state index contributed by atoms with van der Waals surface area (Å²) in [6.07, 6.45) is 0.975. The molecule has 0 fully saturated rings. The van der Waals surface area contributed by atoms with Crippen LogP contribution in [0, 0.1) is 5.92 Å². The molecule has 0 aromatic carbocycles. The zero-order valence-electron chi connectivity index (χ0n) is 7.46. The van der Waals surface area contributed by atoms with Crippen LogP contribution in [0.4, 0.5) is 0 Å². The normalized spacial score (nSPS) is 31.9. The zero-order chi connectivity index (χ0) is 8.43. The first-order valence-electron chi connectivity index (χ1n) is 4.13. The highest BCUT2D eigenvalue weighted by Gasteiger charge is 2.24. The van der Waals surface area contributed by atoms with Gasteiger partial charge in [0.2, 0.25) is 0 Å². The van der Waals surface area contributed by atoms with Crippen LogP contribution in [0.3, 0.4) is 0 Å². The SMILES string of the molecule is CCC1=S(N)[C@@H](C(C)C)CO1. The van der Waals surface area contributed by atoms with E-state index >= 15 is 0 Å². The van der Waals surface area contributed by atoms with Crippen molar-refractivity contribution in [1.29, 1.82) is 0 Å². The van der Waals surface area contributed by atoms with Crippen LogP contribution in [0.15, 0.2) is 0 Å². The van der Waals surface area contributed by atoms with Crippen LogP contribution in [0.1, 0.15) is 27.2 Å². The summed E-state index contributed by atoms with van der Waals surface area (Å²) in [6, 6.07) is 0. The van der Waals surface area contributed by atoms with Gasteiger partial charge in [0.25, 0.3) is 0 Å². The van der Waals surface area contributed by atoms with Gasteiger partial charge in [-0.15, -0.1) is 0 Å². The number of ether oxygens (including phenoxy) is 1. The summed E-state index contributed by atoms with van der Waals surface area (Å²) in [5, 5.41) is 7.68. The number of rotatable bonds is 2. The minimum Gasteiger partial charge on any atom is -0.342 e. The molecule has 0 amide bonds. The maximum absolute atomic E-state index is 6.00. The molecule has 0 saturated carbocycles. The summed E-state index contributed by atoms with van der Waals surface area (Å²) in [7, 11) is -0.0841. The lowest BCUT2D eigenvalue weighted by Gasteiger charge is -2.14. The van der Waals surface area contributed by atoms with E-state index in [1.54, 1.807) is 0 Å². The van der Waals surface area contributed by atoms with Gasteiger partial charge in [-0.3, -0.25) is 5.14 Å². The Balaban J connectivity index is 2.69. The van der Waals surface area contributed by atoms with Crippen molar-refractivity contribution in [2.45, 2.75) is 32.4 Å². The summed E-state index contributed by atoms with van der Waals surface area (Å²) in [5.74, 6) is 0.646. The lowest BCUT2D eigenvalue weighted by Crippen LogP contribution is -2.16. The largest absolute Gasteiger partial charge is 0.342 e. The molecular weight excluding hydrogens is 158 g/mol. The Labute approximate surface area is 71.2 Å². The van der Waals surface area contributed by atoms with E-state index in [9.17, 15) is 0 Å². The molecule has 0 spiro atoms. The second-order valence-electron chi connectivity index (χ2n) is 3.19. The number of hydrogen-bond acceptors (Lipinski definition) is 2. The van der Waals surface area contributed by atoms with Crippen molar-refractivity contribution < 1.29 is 4.74 Å². The second-order valence-corrected chi connectivity index (χ2v) is 5.00. The van der Waals surface area contributed by atoms with Gasteiger partial charge in [-0.2, -0.15) is 0 Å². The van der Waals surface area contributed by atoms with E-state index in [1.807, 2.05) is 0 Å². The van der Waals surface area contributed by atoms with E-state index in [4.69, 9.17) is 9.88 Å². The molecular formula is C8H17NOS. The van der Waals surface area contributed by atoms with Gasteiger partial charge in [0.1, 0.15) is 0 Å². The predicted molar refractivity (Wildman–Crippen MR) is 51.7 cm³/mol. The topological polar surface area (TPSA) is 35.2 Å². The van der Waals surface area contributed by atoms with Gasteiger partial charge in [-0.1, -0.05) is 31.4 Å². The van der Waals surface area contributed by atoms with Crippen molar-refractivity contribution >= 4 is 15.7 Å². The van der Waals surface area contributed by atoms with Gasteiger partial charge in [-0.25, -0.2) is 0 Å². The first-order chi connectivity index (χ1) is 5.16. The Morgan fingerprint density at radius 2 is 2.36 bits per heavy atom. The molecule has 11 heavy (non-hydrogen) atoms. The van der Waals surface area contributed by atoms with Crippen LogP contribution < -0.4 is 5.14 Å². The van der Waals surface area contributed by atoms with Crippen LogP contribution in [0.2, 0.25) is 0 Å². The molecule has 1 aliphatic heterocycles. The van der Waals surface area contributed by atoms with Gasteiger partial charge >= 0.3 is 0 Å². The molecule has 1 heterocycles. The molecule has 0 aliphatic carbocycles. The Hall–Kier alpha value is 0.140. The van der Waals surface area contributed by atoms with Crippen LogP contribution in [-0.2, 0) is 4.74 Å². The molecule has 1 unspecified atom stereocenters. The number of nitrogens with two attached hydrogens (primary N) is 1. The van der Waals surface area contributed by atoms with E-state index in [2.05, 4.69) is 20.8 Å². The molecule has 0 saturated heterocycles. The van der Waals surface area contributed by atoms with E-state index < -0.39 is 0 Å². The fourth-order valence-corrected chi connectivity index (χ4v) is 2.92. The zero-order valence-corrected chi connectivity index (χ0v) is 8.28. The molecule has 0 aromatic rings. The van der Waals surface area contributed by atoms with Crippen molar-refractivity contribution in [1.82, 2.24) is 0 Å². The fourth-order valence-electron chi connectivity index (χ4n) is 1.24. The maximum atomic E-state index is 6.00. The summed E-state index contributed by atoms with van der Waals surface area (Å²) in [5.41, 5.74) is 0. The predicted octanol–water partition coefficient (Wildman–Crippen LogP) is 1.72. The van der Waals surface area contributed by atoms with Crippen LogP contribution >= 0.6 is 10.7 Å². The smallest absolute Gasteiger partial charge is 0.0892 e. The third-order valence-corrected chi connectivity index (χ3v) is 4.29. The molecule has 2 nitrogen and oxygen atoms in total. The molecule has 0 aromatic heterocycles. The van der Waals surface area contributed by atoms with E-state index in [0.29, 0.717) is 11.2 Å². The van der Waals surface area contributed by atoms with E-state index in [-0.39, 0.29) is 10.7 Å². The highest BCUT2D eigenvalue weighted by Crippen LogP contribution is 2.29. The molecule has 1 aliphatic rings. The average Bonchev–Trinajstić information content (AvgIpc) is 2.30. The first kappa shape index (κ1) is 9.23. The Morgan fingerprint density at radius 3 is 2.64 bits per heavy atom. The third kappa shape index (κ3) is 1.83. The minimum atomic E-state index is -0.0841. The van der Waals surface area contributed by atoms with Crippen molar-refractivity contribution in [3.05, 3.63) is 0 Å². The Kier molecular flexibility index (Phi) is 3.10. The molecule has 66 valence electrons. The fraction of sp³-hybridized carbons (Fsp3) is 0.875. The lowest BCUT2D eigenvalue weighted by molar-refractivity contribution is 0.296. The molecule has 0 radical (unpaired) electrons. The van der Waals surface area contributed by atoms with Gasteiger partial charge in [0, 0.05) is 5.25 Å². The molecule has 2 N–H and O–H groups in total. The first-order valence-corrected chi connectivity index (χ1v) is 5.48. The standard InChI is InChI=1S/C8H17NOS/c1-4-8-10-5-7(6(2)3)11(8)9/h6-7H,4-5,9H2,1-3H3/t7-,11?/m1/s1. The van der Waals surface area contributed by atoms with Crippen LogP contribution in [0.5, 0.6) is 0 Å². The van der Waals surface area contributed by atoms with Crippen LogP contribution in [-0.4, -0.2) is 16.9 Å². The summed E-state index contributed by atoms with van der Waals surface area (Å²) in [6.45, 7) is 7.35. The van der Waals surface area contributed by atoms with Crippen LogP contribution in [0.25, 0.3) is 0 Å². The average molecular weight is 175 g/mol. The monoisotopic (exact) mass is 175 g/mol. The van der Waals surface area contributed by atoms with Crippen molar-refractivity contribution in [2.24, 2.45) is 11.1 Å². The van der Waals surface area contributed by atoms with Crippen molar-refractivity contribution in [2.75, 3.05) is 6.61 Å². The van der Waals surface area contributed by atoms with Gasteiger partial charge < -0.3 is 4.74 Å². The van der Waals surface area contributed by atoms with E-state index in [0.717, 1.165) is 18.1 Å². The highest BCUT2D eigenvalue weighted by molar-refractivity contribution is 8.14. The highest BCUT2D eigenvalue weighted by atomic mass is 32.2. The summed E-state index contributed by atoms with van der Waals surface area (Å²) < 4.78 is 5.49. The second kappa shape index (κ2) is 3.70. The molecule has 2 atom stereocenters. The molecule has 3 heteroatoms. The quantitative estimate of drug-likeness (QED) is 0.649. The third-order valence-electron chi connectivity index (χ3n) is 2.03.